The molecule has 1 aliphatic heterocycles. The fourth-order valence-corrected chi connectivity index (χ4v) is 4.17. The van der Waals surface area contributed by atoms with Crippen LogP contribution >= 0.6 is 0 Å². The highest BCUT2D eigenvalue weighted by atomic mass is 16.2. The Kier molecular flexibility index (Phi) is 6.71. The quantitative estimate of drug-likeness (QED) is 0.848. The van der Waals surface area contributed by atoms with E-state index in [9.17, 15) is 9.59 Å². The summed E-state index contributed by atoms with van der Waals surface area (Å²) >= 11 is 0. The highest BCUT2D eigenvalue weighted by Crippen LogP contribution is 2.29. The summed E-state index contributed by atoms with van der Waals surface area (Å²) in [6.07, 6.45) is 10.5. The maximum atomic E-state index is 12.9. The van der Waals surface area contributed by atoms with Crippen molar-refractivity contribution in [2.45, 2.75) is 77.7 Å². The largest absolute Gasteiger partial charge is 0.344 e. The molecule has 2 atom stereocenters. The minimum atomic E-state index is -0.289. The zero-order chi connectivity index (χ0) is 15.9. The minimum Gasteiger partial charge on any atom is -0.344 e. The van der Waals surface area contributed by atoms with Crippen LogP contribution < -0.4 is 5.32 Å². The summed E-state index contributed by atoms with van der Waals surface area (Å²) < 4.78 is 0. The molecule has 0 aromatic carbocycles. The predicted octanol–water partition coefficient (Wildman–Crippen LogP) is 3.11. The Morgan fingerprint density at radius 2 is 1.82 bits per heavy atom. The summed E-state index contributed by atoms with van der Waals surface area (Å²) in [6.45, 7) is 5.49. The monoisotopic (exact) mass is 308 g/mol. The number of nitrogens with zero attached hydrogens (tertiary/aromatic N) is 1. The molecule has 2 aliphatic rings. The van der Waals surface area contributed by atoms with Gasteiger partial charge in [-0.15, -0.1) is 0 Å². The first kappa shape index (κ1) is 17.3. The normalized spacial score (nSPS) is 24.8. The lowest BCUT2D eigenvalue weighted by Gasteiger charge is -2.30. The van der Waals surface area contributed by atoms with Crippen molar-refractivity contribution in [2.24, 2.45) is 11.8 Å². The van der Waals surface area contributed by atoms with Crippen LogP contribution in [0.5, 0.6) is 0 Å². The van der Waals surface area contributed by atoms with Gasteiger partial charge in [-0.2, -0.15) is 0 Å². The van der Waals surface area contributed by atoms with Gasteiger partial charge < -0.3 is 10.2 Å². The number of likely N-dealkylation sites (tertiary alicyclic amines) is 1. The van der Waals surface area contributed by atoms with Gasteiger partial charge in [0.25, 0.3) is 0 Å². The van der Waals surface area contributed by atoms with E-state index in [1.54, 1.807) is 0 Å². The Bertz CT molecular complexity index is 377. The van der Waals surface area contributed by atoms with Crippen LogP contribution in [0.2, 0.25) is 0 Å². The Morgan fingerprint density at radius 3 is 2.45 bits per heavy atom. The number of hydrogen-bond acceptors (Lipinski definition) is 2. The van der Waals surface area contributed by atoms with Crippen molar-refractivity contribution in [3.05, 3.63) is 0 Å². The second-order valence-electron chi connectivity index (χ2n) is 7.13. The van der Waals surface area contributed by atoms with E-state index in [0.717, 1.165) is 44.7 Å². The number of carbonyl (C=O) groups excluding carboxylic acids is 2. The van der Waals surface area contributed by atoms with Crippen molar-refractivity contribution >= 4 is 11.8 Å². The highest BCUT2D eigenvalue weighted by molar-refractivity contribution is 5.87. The summed E-state index contributed by atoms with van der Waals surface area (Å²) in [5.74, 6) is 1.20. The lowest BCUT2D eigenvalue weighted by molar-refractivity contribution is -0.137. The molecule has 2 amide bonds. The lowest BCUT2D eigenvalue weighted by Crippen LogP contribution is -2.51. The zero-order valence-corrected chi connectivity index (χ0v) is 14.3. The van der Waals surface area contributed by atoms with Crippen molar-refractivity contribution in [1.29, 1.82) is 0 Å². The van der Waals surface area contributed by atoms with Crippen LogP contribution in [0.4, 0.5) is 0 Å². The first-order valence-corrected chi connectivity index (χ1v) is 9.17. The van der Waals surface area contributed by atoms with Crippen molar-refractivity contribution in [3.8, 4) is 0 Å². The van der Waals surface area contributed by atoms with Crippen molar-refractivity contribution < 1.29 is 9.59 Å². The third-order valence-corrected chi connectivity index (χ3v) is 5.35. The van der Waals surface area contributed by atoms with Gasteiger partial charge in [0.2, 0.25) is 11.8 Å². The number of rotatable bonds is 5. The molecule has 0 aromatic heterocycles. The second-order valence-corrected chi connectivity index (χ2v) is 7.13. The molecule has 0 spiro atoms. The molecule has 1 N–H and O–H groups in total. The first-order chi connectivity index (χ1) is 10.6. The van der Waals surface area contributed by atoms with Gasteiger partial charge in [-0.25, -0.2) is 0 Å². The molecule has 4 heteroatoms. The molecule has 4 nitrogen and oxygen atoms in total. The fraction of sp³-hybridized carbons (Fsp3) is 0.889. The molecular weight excluding hydrogens is 276 g/mol. The highest BCUT2D eigenvalue weighted by Gasteiger charge is 2.34. The molecule has 1 saturated carbocycles. The molecule has 0 bridgehead atoms. The summed E-state index contributed by atoms with van der Waals surface area (Å²) in [6, 6.07) is -0.289. The Balaban J connectivity index is 1.97. The van der Waals surface area contributed by atoms with Gasteiger partial charge in [0.05, 0.1) is 0 Å². The second kappa shape index (κ2) is 8.54. The smallest absolute Gasteiger partial charge is 0.245 e. The van der Waals surface area contributed by atoms with Crippen LogP contribution in [-0.4, -0.2) is 35.8 Å². The van der Waals surface area contributed by atoms with Gasteiger partial charge >= 0.3 is 0 Å². The van der Waals surface area contributed by atoms with Crippen molar-refractivity contribution in [1.82, 2.24) is 10.2 Å². The van der Waals surface area contributed by atoms with E-state index in [2.05, 4.69) is 12.2 Å². The van der Waals surface area contributed by atoms with E-state index in [1.807, 2.05) is 4.90 Å². The van der Waals surface area contributed by atoms with E-state index < -0.39 is 0 Å². The maximum Gasteiger partial charge on any atom is 0.245 e. The molecule has 126 valence electrons. The molecule has 0 radical (unpaired) electrons. The number of hydrogen-bond donors (Lipinski definition) is 1. The van der Waals surface area contributed by atoms with Crippen LogP contribution in [0, 0.1) is 11.8 Å². The third-order valence-electron chi connectivity index (χ3n) is 5.35. The molecule has 1 saturated heterocycles. The van der Waals surface area contributed by atoms with Crippen LogP contribution in [0.3, 0.4) is 0 Å². The topological polar surface area (TPSA) is 49.4 Å². The third kappa shape index (κ3) is 4.72. The molecular formula is C18H32N2O2. The summed E-state index contributed by atoms with van der Waals surface area (Å²) in [5.41, 5.74) is 0. The average Bonchev–Trinajstić information content (AvgIpc) is 2.91. The van der Waals surface area contributed by atoms with Crippen LogP contribution in [0.1, 0.15) is 71.6 Å². The Hall–Kier alpha value is -1.06. The van der Waals surface area contributed by atoms with Gasteiger partial charge in [0.15, 0.2) is 0 Å². The SMILES string of the molecule is CCC[C@@H]1CCCN(C(=O)[C@H](NC(C)=O)C2CCCC2)CC1. The maximum absolute atomic E-state index is 12.9. The number of carbonyl (C=O) groups is 2. The molecule has 1 aliphatic carbocycles. The standard InChI is InChI=1S/C18H32N2O2/c1-3-7-15-8-6-12-20(13-11-15)18(22)17(19-14(2)21)16-9-4-5-10-16/h15-17H,3-13H2,1-2H3,(H,19,21)/t15-,17-/m1/s1. The number of amides is 2. The van der Waals surface area contributed by atoms with E-state index in [-0.39, 0.29) is 17.9 Å². The molecule has 2 rings (SSSR count). The molecule has 1 heterocycles. The van der Waals surface area contributed by atoms with E-state index in [4.69, 9.17) is 0 Å². The summed E-state index contributed by atoms with van der Waals surface area (Å²) in [7, 11) is 0. The van der Waals surface area contributed by atoms with Gasteiger partial charge in [-0.3, -0.25) is 9.59 Å². The van der Waals surface area contributed by atoms with Gasteiger partial charge in [0.1, 0.15) is 6.04 Å². The van der Waals surface area contributed by atoms with E-state index in [0.29, 0.717) is 5.92 Å². The van der Waals surface area contributed by atoms with Gasteiger partial charge in [-0.1, -0.05) is 32.6 Å². The molecule has 0 aromatic rings. The first-order valence-electron chi connectivity index (χ1n) is 9.17. The summed E-state index contributed by atoms with van der Waals surface area (Å²) in [4.78, 5) is 26.5. The van der Waals surface area contributed by atoms with Crippen LogP contribution in [-0.2, 0) is 9.59 Å². The molecule has 0 unspecified atom stereocenters. The fourth-order valence-electron chi connectivity index (χ4n) is 4.17. The molecule has 22 heavy (non-hydrogen) atoms. The van der Waals surface area contributed by atoms with E-state index in [1.165, 1.54) is 39.0 Å². The lowest BCUT2D eigenvalue weighted by atomic mass is 9.95. The minimum absolute atomic E-state index is 0.0797. The molecule has 2 fully saturated rings. The van der Waals surface area contributed by atoms with E-state index >= 15 is 0 Å². The Labute approximate surface area is 135 Å². The van der Waals surface area contributed by atoms with Crippen LogP contribution in [0.25, 0.3) is 0 Å². The zero-order valence-electron chi connectivity index (χ0n) is 14.3. The van der Waals surface area contributed by atoms with Gasteiger partial charge in [0, 0.05) is 20.0 Å². The average molecular weight is 308 g/mol. The van der Waals surface area contributed by atoms with Crippen molar-refractivity contribution in [3.63, 3.8) is 0 Å². The predicted molar refractivity (Wildman–Crippen MR) is 88.4 cm³/mol. The van der Waals surface area contributed by atoms with Gasteiger partial charge in [-0.05, 0) is 43.9 Å². The van der Waals surface area contributed by atoms with Crippen molar-refractivity contribution in [2.75, 3.05) is 13.1 Å². The van der Waals surface area contributed by atoms with Crippen LogP contribution in [0.15, 0.2) is 0 Å². The Morgan fingerprint density at radius 1 is 1.09 bits per heavy atom. The summed E-state index contributed by atoms with van der Waals surface area (Å²) in [5, 5.41) is 2.95. The number of nitrogens with one attached hydrogen (secondary N) is 1.